The summed E-state index contributed by atoms with van der Waals surface area (Å²) in [4.78, 5) is 16.5. The highest BCUT2D eigenvalue weighted by Crippen LogP contribution is 2.31. The highest BCUT2D eigenvalue weighted by Gasteiger charge is 2.23. The van der Waals surface area contributed by atoms with Crippen LogP contribution < -0.4 is 0 Å². The van der Waals surface area contributed by atoms with Gasteiger partial charge in [0.2, 0.25) is 0 Å². The SMILES string of the molecule is Cc1ccc(C#N)c(SC(=O)C2CCCCC2)n1. The summed E-state index contributed by atoms with van der Waals surface area (Å²) in [5.74, 6) is 0.151. The minimum absolute atomic E-state index is 0.151. The van der Waals surface area contributed by atoms with Crippen LogP contribution in [0.15, 0.2) is 17.2 Å². The third-order valence-electron chi connectivity index (χ3n) is 3.26. The van der Waals surface area contributed by atoms with Crippen LogP contribution in [0.4, 0.5) is 0 Å². The minimum Gasteiger partial charge on any atom is -0.286 e. The summed E-state index contributed by atoms with van der Waals surface area (Å²) >= 11 is 1.14. The van der Waals surface area contributed by atoms with Crippen LogP contribution in [0.3, 0.4) is 0 Å². The van der Waals surface area contributed by atoms with Gasteiger partial charge in [0, 0.05) is 11.6 Å². The fourth-order valence-corrected chi connectivity index (χ4v) is 3.22. The molecule has 0 aromatic carbocycles. The number of hydrogen-bond acceptors (Lipinski definition) is 4. The molecule has 1 aromatic rings. The molecule has 0 bridgehead atoms. The van der Waals surface area contributed by atoms with Crippen LogP contribution in [0.2, 0.25) is 0 Å². The van der Waals surface area contributed by atoms with Gasteiger partial charge in [-0.25, -0.2) is 4.98 Å². The molecule has 4 heteroatoms. The monoisotopic (exact) mass is 260 g/mol. The van der Waals surface area contributed by atoms with Gasteiger partial charge in [-0.1, -0.05) is 19.3 Å². The van der Waals surface area contributed by atoms with Crippen LogP contribution in [-0.2, 0) is 4.79 Å². The van der Waals surface area contributed by atoms with Crippen molar-refractivity contribution in [1.82, 2.24) is 4.98 Å². The number of aromatic nitrogens is 1. The lowest BCUT2D eigenvalue weighted by Gasteiger charge is -2.19. The zero-order chi connectivity index (χ0) is 13.0. The number of thioether (sulfide) groups is 1. The third-order valence-corrected chi connectivity index (χ3v) is 4.29. The van der Waals surface area contributed by atoms with Gasteiger partial charge in [0.05, 0.1) is 5.56 Å². The molecule has 0 unspecified atom stereocenters. The van der Waals surface area contributed by atoms with Crippen molar-refractivity contribution >= 4 is 16.9 Å². The number of nitriles is 1. The maximum atomic E-state index is 12.2. The average molecular weight is 260 g/mol. The van der Waals surface area contributed by atoms with Crippen LogP contribution in [-0.4, -0.2) is 10.1 Å². The third kappa shape index (κ3) is 3.11. The Morgan fingerprint density at radius 1 is 1.39 bits per heavy atom. The molecule has 3 nitrogen and oxygen atoms in total. The van der Waals surface area contributed by atoms with Crippen molar-refractivity contribution in [3.05, 3.63) is 23.4 Å². The summed E-state index contributed by atoms with van der Waals surface area (Å²) in [5.41, 5.74) is 1.34. The molecule has 0 aliphatic heterocycles. The van der Waals surface area contributed by atoms with Gasteiger partial charge < -0.3 is 0 Å². The van der Waals surface area contributed by atoms with Crippen molar-refractivity contribution in [2.45, 2.75) is 44.1 Å². The van der Waals surface area contributed by atoms with Gasteiger partial charge in [-0.15, -0.1) is 0 Å². The van der Waals surface area contributed by atoms with Crippen molar-refractivity contribution in [2.75, 3.05) is 0 Å². The van der Waals surface area contributed by atoms with Crippen LogP contribution in [0.1, 0.15) is 43.4 Å². The van der Waals surface area contributed by atoms with Gasteiger partial charge in [0.25, 0.3) is 0 Å². The second kappa shape index (κ2) is 6.01. The van der Waals surface area contributed by atoms with E-state index in [1.54, 1.807) is 12.1 Å². The van der Waals surface area contributed by atoms with E-state index in [2.05, 4.69) is 11.1 Å². The first kappa shape index (κ1) is 13.1. The van der Waals surface area contributed by atoms with E-state index in [1.165, 1.54) is 6.42 Å². The van der Waals surface area contributed by atoms with Crippen LogP contribution in [0, 0.1) is 24.2 Å². The first-order valence-electron chi connectivity index (χ1n) is 6.30. The Bertz CT molecular complexity index is 487. The average Bonchev–Trinajstić information content (AvgIpc) is 2.40. The highest BCUT2D eigenvalue weighted by atomic mass is 32.2. The van der Waals surface area contributed by atoms with Crippen LogP contribution in [0.25, 0.3) is 0 Å². The van der Waals surface area contributed by atoms with E-state index in [1.807, 2.05) is 6.92 Å². The predicted octanol–water partition coefficient (Wildman–Crippen LogP) is 3.46. The molecule has 0 atom stereocenters. The van der Waals surface area contributed by atoms with Crippen LogP contribution in [0.5, 0.6) is 0 Å². The first-order valence-corrected chi connectivity index (χ1v) is 7.12. The van der Waals surface area contributed by atoms with Crippen LogP contribution >= 0.6 is 11.8 Å². The van der Waals surface area contributed by atoms with Gasteiger partial charge >= 0.3 is 0 Å². The van der Waals surface area contributed by atoms with Crippen molar-refractivity contribution in [3.8, 4) is 6.07 Å². The maximum absolute atomic E-state index is 12.2. The van der Waals surface area contributed by atoms with E-state index < -0.39 is 0 Å². The van der Waals surface area contributed by atoms with E-state index in [9.17, 15) is 4.79 Å². The van der Waals surface area contributed by atoms with E-state index in [4.69, 9.17) is 5.26 Å². The molecule has 0 radical (unpaired) electrons. The molecule has 0 spiro atoms. The fraction of sp³-hybridized carbons (Fsp3) is 0.500. The standard InChI is InChI=1S/C14H16N2OS/c1-10-7-8-12(9-15)13(16-10)18-14(17)11-5-3-2-4-6-11/h7-8,11H,2-6H2,1H3. The van der Waals surface area contributed by atoms with Gasteiger partial charge in [-0.2, -0.15) is 5.26 Å². The van der Waals surface area contributed by atoms with E-state index >= 15 is 0 Å². The lowest BCUT2D eigenvalue weighted by atomic mass is 9.90. The van der Waals surface area contributed by atoms with Crippen molar-refractivity contribution in [3.63, 3.8) is 0 Å². The molecule has 1 aliphatic rings. The molecule has 0 saturated heterocycles. The number of hydrogen-bond donors (Lipinski definition) is 0. The number of pyridine rings is 1. The molecule has 1 heterocycles. The minimum atomic E-state index is 0.151. The Balaban J connectivity index is 2.11. The molecule has 1 fully saturated rings. The maximum Gasteiger partial charge on any atom is 0.198 e. The number of rotatable bonds is 2. The second-order valence-corrected chi connectivity index (χ2v) is 5.67. The highest BCUT2D eigenvalue weighted by molar-refractivity contribution is 8.13. The quantitative estimate of drug-likeness (QED) is 0.764. The Labute approximate surface area is 112 Å². The molecular weight excluding hydrogens is 244 g/mol. The zero-order valence-corrected chi connectivity index (χ0v) is 11.3. The Morgan fingerprint density at radius 3 is 2.78 bits per heavy atom. The molecule has 0 amide bonds. The van der Waals surface area contributed by atoms with E-state index in [0.717, 1.165) is 43.1 Å². The summed E-state index contributed by atoms with van der Waals surface area (Å²) in [7, 11) is 0. The molecule has 2 rings (SSSR count). The van der Waals surface area contributed by atoms with E-state index in [-0.39, 0.29) is 11.0 Å². The van der Waals surface area contributed by atoms with Crippen molar-refractivity contribution in [2.24, 2.45) is 5.92 Å². The largest absolute Gasteiger partial charge is 0.286 e. The summed E-state index contributed by atoms with van der Waals surface area (Å²) in [6, 6.07) is 5.63. The Kier molecular flexibility index (Phi) is 4.38. The fourth-order valence-electron chi connectivity index (χ4n) is 2.21. The van der Waals surface area contributed by atoms with Crippen molar-refractivity contribution < 1.29 is 4.79 Å². The van der Waals surface area contributed by atoms with Gasteiger partial charge in [0.15, 0.2) is 5.12 Å². The number of aryl methyl sites for hydroxylation is 1. The Hall–Kier alpha value is -1.34. The molecule has 1 aromatic heterocycles. The summed E-state index contributed by atoms with van der Waals surface area (Å²) in [5, 5.41) is 9.75. The number of nitrogens with zero attached hydrogens (tertiary/aromatic N) is 2. The van der Waals surface area contributed by atoms with Gasteiger partial charge in [-0.3, -0.25) is 4.79 Å². The summed E-state index contributed by atoms with van der Waals surface area (Å²) < 4.78 is 0. The topological polar surface area (TPSA) is 53.8 Å². The lowest BCUT2D eigenvalue weighted by Crippen LogP contribution is -2.15. The Morgan fingerprint density at radius 2 is 2.11 bits per heavy atom. The van der Waals surface area contributed by atoms with E-state index in [0.29, 0.717) is 10.6 Å². The second-order valence-electron chi connectivity index (χ2n) is 4.67. The summed E-state index contributed by atoms with van der Waals surface area (Å²) in [6.45, 7) is 1.87. The predicted molar refractivity (Wildman–Crippen MR) is 71.1 cm³/mol. The van der Waals surface area contributed by atoms with Gasteiger partial charge in [-0.05, 0) is 43.7 Å². The van der Waals surface area contributed by atoms with Gasteiger partial charge in [0.1, 0.15) is 11.1 Å². The lowest BCUT2D eigenvalue weighted by molar-refractivity contribution is -0.115. The first-order chi connectivity index (χ1) is 8.70. The molecular formula is C14H16N2OS. The number of carbonyl (C=O) groups excluding carboxylic acids is 1. The molecule has 0 N–H and O–H groups in total. The molecule has 1 saturated carbocycles. The van der Waals surface area contributed by atoms with Crippen molar-refractivity contribution in [1.29, 1.82) is 5.26 Å². The molecule has 94 valence electrons. The molecule has 1 aliphatic carbocycles. The normalized spacial score (nSPS) is 16.2. The zero-order valence-electron chi connectivity index (χ0n) is 10.5. The smallest absolute Gasteiger partial charge is 0.198 e. The molecule has 18 heavy (non-hydrogen) atoms. The summed E-state index contributed by atoms with van der Waals surface area (Å²) in [6.07, 6.45) is 5.49. The number of carbonyl (C=O) groups is 1.